The Morgan fingerprint density at radius 3 is 2.60 bits per heavy atom. The summed E-state index contributed by atoms with van der Waals surface area (Å²) >= 11 is 0. The molecule has 2 rings (SSSR count). The predicted molar refractivity (Wildman–Crippen MR) is 110 cm³/mol. The van der Waals surface area contributed by atoms with Gasteiger partial charge >= 0.3 is 11.9 Å². The Hall–Kier alpha value is -2.85. The average Bonchev–Trinajstić information content (AvgIpc) is 3.27. The standard InChI is InChI=1S/C19H27N3O7.CH4/c1-4-27-18(24)14-9-15-13(5-6-28-15)22(14)11-26-7-8-29-19(25)17(12(2)3)21-16(23)10-20;/h5-6,9,12,17H,4,7-8,10-11,20H2,1-3H3,(H,21,23);1H4/t17-;/m0./s1. The molecule has 0 spiro atoms. The van der Waals surface area contributed by atoms with Crippen LogP contribution in [0.25, 0.3) is 11.1 Å². The van der Waals surface area contributed by atoms with Crippen molar-refractivity contribution in [2.24, 2.45) is 11.7 Å². The molecule has 0 aliphatic heterocycles. The lowest BCUT2D eigenvalue weighted by Crippen LogP contribution is -2.47. The number of nitrogens with zero attached hydrogens (tertiary/aromatic N) is 1. The molecule has 1 atom stereocenters. The molecule has 0 aromatic carbocycles. The number of furan rings is 1. The quantitative estimate of drug-likeness (QED) is 0.410. The van der Waals surface area contributed by atoms with Gasteiger partial charge in [-0.2, -0.15) is 0 Å². The summed E-state index contributed by atoms with van der Waals surface area (Å²) in [5.74, 6) is -1.62. The number of nitrogens with two attached hydrogens (primary N) is 1. The summed E-state index contributed by atoms with van der Waals surface area (Å²) in [5, 5.41) is 2.53. The zero-order valence-electron chi connectivity index (χ0n) is 16.8. The molecule has 0 saturated heterocycles. The van der Waals surface area contributed by atoms with Gasteiger partial charge in [0.05, 0.1) is 31.5 Å². The van der Waals surface area contributed by atoms with Gasteiger partial charge in [-0.05, 0) is 12.8 Å². The van der Waals surface area contributed by atoms with Crippen molar-refractivity contribution in [3.05, 3.63) is 24.1 Å². The third-order valence-corrected chi connectivity index (χ3v) is 4.12. The Morgan fingerprint density at radius 1 is 1.23 bits per heavy atom. The molecule has 0 saturated carbocycles. The van der Waals surface area contributed by atoms with E-state index >= 15 is 0 Å². The van der Waals surface area contributed by atoms with Crippen LogP contribution in [0.3, 0.4) is 0 Å². The van der Waals surface area contributed by atoms with Crippen molar-refractivity contribution in [2.45, 2.75) is 41.0 Å². The highest BCUT2D eigenvalue weighted by Gasteiger charge is 2.25. The van der Waals surface area contributed by atoms with Crippen molar-refractivity contribution in [1.82, 2.24) is 9.88 Å². The van der Waals surface area contributed by atoms with E-state index in [1.807, 2.05) is 0 Å². The van der Waals surface area contributed by atoms with Gasteiger partial charge in [0, 0.05) is 12.1 Å². The first kappa shape index (κ1) is 25.2. The lowest BCUT2D eigenvalue weighted by molar-refractivity contribution is -0.150. The number of hydrogen-bond acceptors (Lipinski definition) is 8. The van der Waals surface area contributed by atoms with Crippen LogP contribution in [0.1, 0.15) is 38.7 Å². The van der Waals surface area contributed by atoms with Gasteiger partial charge in [0.25, 0.3) is 0 Å². The highest BCUT2D eigenvalue weighted by Crippen LogP contribution is 2.22. The lowest BCUT2D eigenvalue weighted by Gasteiger charge is -2.20. The first-order valence-corrected chi connectivity index (χ1v) is 9.36. The summed E-state index contributed by atoms with van der Waals surface area (Å²) in [4.78, 5) is 35.7. The van der Waals surface area contributed by atoms with Crippen molar-refractivity contribution in [2.75, 3.05) is 26.4 Å². The summed E-state index contributed by atoms with van der Waals surface area (Å²) in [6, 6.07) is 2.52. The maximum atomic E-state index is 12.2. The number of carbonyl (C=O) groups excluding carboxylic acids is 3. The summed E-state index contributed by atoms with van der Waals surface area (Å²) < 4.78 is 22.7. The molecule has 0 unspecified atom stereocenters. The molecule has 2 aromatic heterocycles. The van der Waals surface area contributed by atoms with Crippen molar-refractivity contribution >= 4 is 28.9 Å². The van der Waals surface area contributed by atoms with Crippen molar-refractivity contribution < 1.29 is 33.0 Å². The van der Waals surface area contributed by atoms with E-state index in [1.165, 1.54) is 6.26 Å². The normalized spacial score (nSPS) is 11.8. The molecule has 0 aliphatic carbocycles. The molecule has 0 fully saturated rings. The Bertz CT molecular complexity index is 841. The fourth-order valence-corrected chi connectivity index (χ4v) is 2.67. The fourth-order valence-electron chi connectivity index (χ4n) is 2.67. The molecule has 0 radical (unpaired) electrons. The van der Waals surface area contributed by atoms with E-state index in [4.69, 9.17) is 24.4 Å². The number of amides is 1. The Morgan fingerprint density at radius 2 is 1.97 bits per heavy atom. The minimum Gasteiger partial charge on any atom is -0.463 e. The van der Waals surface area contributed by atoms with Gasteiger partial charge in [0.1, 0.15) is 25.1 Å². The van der Waals surface area contributed by atoms with E-state index in [0.717, 1.165) is 0 Å². The first-order chi connectivity index (χ1) is 13.9. The highest BCUT2D eigenvalue weighted by atomic mass is 16.6. The molecule has 10 nitrogen and oxygen atoms in total. The van der Waals surface area contributed by atoms with Crippen molar-refractivity contribution in [3.8, 4) is 0 Å². The van der Waals surface area contributed by atoms with Crippen LogP contribution in [-0.4, -0.2) is 54.8 Å². The van der Waals surface area contributed by atoms with E-state index in [0.29, 0.717) is 16.8 Å². The van der Waals surface area contributed by atoms with Gasteiger partial charge in [-0.3, -0.25) is 4.79 Å². The number of fused-ring (bicyclic) bond motifs is 1. The summed E-state index contributed by atoms with van der Waals surface area (Å²) in [5.41, 5.74) is 6.80. The summed E-state index contributed by atoms with van der Waals surface area (Å²) in [7, 11) is 0. The number of nitrogens with one attached hydrogen (secondary N) is 1. The maximum absolute atomic E-state index is 12.2. The number of hydrogen-bond donors (Lipinski definition) is 2. The lowest BCUT2D eigenvalue weighted by atomic mass is 10.0. The number of ether oxygens (including phenoxy) is 3. The van der Waals surface area contributed by atoms with Crippen LogP contribution in [-0.2, 0) is 30.5 Å². The molecule has 10 heteroatoms. The number of rotatable bonds is 11. The first-order valence-electron chi connectivity index (χ1n) is 9.36. The van der Waals surface area contributed by atoms with Gasteiger partial charge in [-0.15, -0.1) is 0 Å². The molecule has 30 heavy (non-hydrogen) atoms. The van der Waals surface area contributed by atoms with E-state index in [-0.39, 0.29) is 46.4 Å². The highest BCUT2D eigenvalue weighted by molar-refractivity contribution is 5.94. The second-order valence-electron chi connectivity index (χ2n) is 6.55. The second-order valence-corrected chi connectivity index (χ2v) is 6.55. The minimum absolute atomic E-state index is 0. The molecule has 2 aromatic rings. The van der Waals surface area contributed by atoms with Crippen molar-refractivity contribution in [3.63, 3.8) is 0 Å². The number of carbonyl (C=O) groups is 3. The van der Waals surface area contributed by atoms with Gasteiger partial charge in [-0.25, -0.2) is 9.59 Å². The van der Waals surface area contributed by atoms with Crippen LogP contribution in [0.15, 0.2) is 22.8 Å². The van der Waals surface area contributed by atoms with Crippen LogP contribution in [0.2, 0.25) is 0 Å². The Labute approximate surface area is 175 Å². The van der Waals surface area contributed by atoms with Gasteiger partial charge < -0.3 is 34.2 Å². The van der Waals surface area contributed by atoms with Crippen LogP contribution < -0.4 is 11.1 Å². The molecular weight excluding hydrogens is 394 g/mol. The van der Waals surface area contributed by atoms with E-state index in [1.54, 1.807) is 37.5 Å². The second kappa shape index (κ2) is 12.0. The molecule has 1 amide bonds. The molecule has 0 aliphatic rings. The van der Waals surface area contributed by atoms with E-state index < -0.39 is 23.9 Å². The molecule has 168 valence electrons. The zero-order valence-corrected chi connectivity index (χ0v) is 16.8. The molecule has 0 bridgehead atoms. The largest absolute Gasteiger partial charge is 0.463 e. The van der Waals surface area contributed by atoms with E-state index in [9.17, 15) is 14.4 Å². The predicted octanol–water partition coefficient (Wildman–Crippen LogP) is 1.66. The van der Waals surface area contributed by atoms with Crippen molar-refractivity contribution in [1.29, 1.82) is 0 Å². The summed E-state index contributed by atoms with van der Waals surface area (Å²) in [6.45, 7) is 5.48. The third kappa shape index (κ3) is 6.33. The fraction of sp³-hybridized carbons (Fsp3) is 0.550. The third-order valence-electron chi connectivity index (χ3n) is 4.12. The smallest absolute Gasteiger partial charge is 0.355 e. The van der Waals surface area contributed by atoms with Crippen LogP contribution in [0.5, 0.6) is 0 Å². The Kier molecular flexibility index (Phi) is 10.1. The summed E-state index contributed by atoms with van der Waals surface area (Å²) in [6.07, 6.45) is 1.51. The van der Waals surface area contributed by atoms with Crippen LogP contribution in [0, 0.1) is 5.92 Å². The molecule has 2 heterocycles. The average molecular weight is 425 g/mol. The number of aromatic nitrogens is 1. The van der Waals surface area contributed by atoms with Crippen LogP contribution >= 0.6 is 0 Å². The topological polar surface area (TPSA) is 135 Å². The SMILES string of the molecule is C.CCOC(=O)c1cc2occc2n1COCCOC(=O)[C@@H](NC(=O)CN)C(C)C. The van der Waals surface area contributed by atoms with Gasteiger partial charge in [-0.1, -0.05) is 21.3 Å². The molecule has 3 N–H and O–H groups in total. The van der Waals surface area contributed by atoms with Crippen LogP contribution in [0.4, 0.5) is 0 Å². The monoisotopic (exact) mass is 425 g/mol. The minimum atomic E-state index is -0.781. The maximum Gasteiger partial charge on any atom is 0.355 e. The van der Waals surface area contributed by atoms with Gasteiger partial charge in [0.2, 0.25) is 5.91 Å². The van der Waals surface area contributed by atoms with E-state index in [2.05, 4.69) is 5.32 Å². The van der Waals surface area contributed by atoms with Gasteiger partial charge in [0.15, 0.2) is 5.58 Å². The zero-order chi connectivity index (χ0) is 21.4. The number of esters is 2. The molecular formula is C20H31N3O7. The Balaban J connectivity index is 0.00000450.